The van der Waals surface area contributed by atoms with E-state index in [2.05, 4.69) is 4.72 Å². The summed E-state index contributed by atoms with van der Waals surface area (Å²) in [6.45, 7) is -0.0853. The average molecular weight is 310 g/mol. The first-order valence-electron chi connectivity index (χ1n) is 6.20. The zero-order valence-electron chi connectivity index (χ0n) is 11.1. The van der Waals surface area contributed by atoms with Crippen molar-refractivity contribution in [1.29, 1.82) is 0 Å². The summed E-state index contributed by atoms with van der Waals surface area (Å²) in [6, 6.07) is 12.3. The molecule has 2 aromatic rings. The number of rotatable bonds is 6. The van der Waals surface area contributed by atoms with Crippen molar-refractivity contribution < 1.29 is 17.5 Å². The van der Waals surface area contributed by atoms with Gasteiger partial charge in [-0.2, -0.15) is 0 Å². The van der Waals surface area contributed by atoms with E-state index in [0.717, 1.165) is 0 Å². The molecule has 0 aromatic heterocycles. The van der Waals surface area contributed by atoms with Gasteiger partial charge >= 0.3 is 0 Å². The summed E-state index contributed by atoms with van der Waals surface area (Å²) in [5.41, 5.74) is 6.02. The number of hydrogen-bond acceptors (Lipinski definition) is 4. The highest BCUT2D eigenvalue weighted by Gasteiger charge is 2.13. The predicted octanol–water partition coefficient (Wildman–Crippen LogP) is 2.23. The highest BCUT2D eigenvalue weighted by Crippen LogP contribution is 2.20. The Balaban J connectivity index is 1.93. The Morgan fingerprint density at radius 1 is 1.10 bits per heavy atom. The fourth-order valence-electron chi connectivity index (χ4n) is 1.64. The molecule has 0 bridgehead atoms. The Hall–Kier alpha value is -2.28. The molecule has 0 amide bonds. The van der Waals surface area contributed by atoms with Crippen LogP contribution in [-0.2, 0) is 10.0 Å². The minimum absolute atomic E-state index is 0.0853. The van der Waals surface area contributed by atoms with E-state index in [-0.39, 0.29) is 18.0 Å². The van der Waals surface area contributed by atoms with E-state index in [9.17, 15) is 12.8 Å². The van der Waals surface area contributed by atoms with Gasteiger partial charge in [0, 0.05) is 0 Å². The van der Waals surface area contributed by atoms with Crippen LogP contribution in [0.4, 0.5) is 15.8 Å². The highest BCUT2D eigenvalue weighted by atomic mass is 32.2. The summed E-state index contributed by atoms with van der Waals surface area (Å²) < 4.78 is 44.5. The van der Waals surface area contributed by atoms with Crippen LogP contribution >= 0.6 is 0 Å². The van der Waals surface area contributed by atoms with Crippen LogP contribution < -0.4 is 15.2 Å². The molecule has 3 N–H and O–H groups in total. The fourth-order valence-corrected chi connectivity index (χ4v) is 2.54. The lowest BCUT2D eigenvalue weighted by Crippen LogP contribution is -2.22. The second kappa shape index (κ2) is 6.45. The van der Waals surface area contributed by atoms with Crippen LogP contribution in [0.1, 0.15) is 0 Å². The van der Waals surface area contributed by atoms with E-state index < -0.39 is 15.8 Å². The second-order valence-corrected chi connectivity index (χ2v) is 6.13. The van der Waals surface area contributed by atoms with Crippen molar-refractivity contribution in [2.24, 2.45) is 0 Å². The van der Waals surface area contributed by atoms with Gasteiger partial charge in [0.25, 0.3) is 0 Å². The van der Waals surface area contributed by atoms with Gasteiger partial charge in [-0.25, -0.2) is 12.8 Å². The largest absolute Gasteiger partial charge is 0.490 e. The summed E-state index contributed by atoms with van der Waals surface area (Å²) in [7, 11) is -3.70. The lowest BCUT2D eigenvalue weighted by atomic mass is 10.3. The number of nitrogen functional groups attached to an aromatic ring is 1. The van der Waals surface area contributed by atoms with Crippen molar-refractivity contribution >= 4 is 21.4 Å². The Morgan fingerprint density at radius 3 is 2.48 bits per heavy atom. The van der Waals surface area contributed by atoms with Crippen LogP contribution in [-0.4, -0.2) is 20.8 Å². The fraction of sp³-hybridized carbons (Fsp3) is 0.143. The van der Waals surface area contributed by atoms with E-state index >= 15 is 0 Å². The van der Waals surface area contributed by atoms with Crippen LogP contribution in [0.3, 0.4) is 0 Å². The molecule has 0 saturated carbocycles. The molecule has 0 radical (unpaired) electrons. The minimum atomic E-state index is -3.70. The average Bonchev–Trinajstić information content (AvgIpc) is 2.43. The van der Waals surface area contributed by atoms with Gasteiger partial charge in [-0.1, -0.05) is 24.3 Å². The number of halogens is 1. The van der Waals surface area contributed by atoms with E-state index in [1.165, 1.54) is 18.2 Å². The predicted molar refractivity (Wildman–Crippen MR) is 80.2 cm³/mol. The van der Waals surface area contributed by atoms with Crippen LogP contribution in [0.25, 0.3) is 0 Å². The summed E-state index contributed by atoms with van der Waals surface area (Å²) in [6.07, 6.45) is 0. The quantitative estimate of drug-likeness (QED) is 0.802. The van der Waals surface area contributed by atoms with Gasteiger partial charge in [-0.3, -0.25) is 4.72 Å². The van der Waals surface area contributed by atoms with Crippen LogP contribution in [0.2, 0.25) is 0 Å². The van der Waals surface area contributed by atoms with E-state index in [1.807, 2.05) is 0 Å². The van der Waals surface area contributed by atoms with Gasteiger partial charge in [0.1, 0.15) is 23.9 Å². The Bertz CT molecular complexity index is 720. The van der Waals surface area contributed by atoms with Gasteiger partial charge in [0.2, 0.25) is 10.0 Å². The van der Waals surface area contributed by atoms with Crippen molar-refractivity contribution in [3.63, 3.8) is 0 Å². The Labute approximate surface area is 122 Å². The third-order valence-electron chi connectivity index (χ3n) is 2.67. The normalized spacial score (nSPS) is 11.1. The zero-order chi connectivity index (χ0) is 15.3. The van der Waals surface area contributed by atoms with E-state index in [4.69, 9.17) is 10.5 Å². The number of nitrogens with two attached hydrogens (primary N) is 1. The van der Waals surface area contributed by atoms with Gasteiger partial charge < -0.3 is 10.5 Å². The Morgan fingerprint density at radius 2 is 1.76 bits per heavy atom. The molecule has 0 unspecified atom stereocenters. The van der Waals surface area contributed by atoms with Crippen molar-refractivity contribution in [3.05, 3.63) is 54.3 Å². The second-order valence-electron chi connectivity index (χ2n) is 4.29. The number of benzene rings is 2. The molecular weight excluding hydrogens is 295 g/mol. The summed E-state index contributed by atoms with van der Waals surface area (Å²) in [4.78, 5) is 0. The van der Waals surface area contributed by atoms with Gasteiger partial charge in [-0.05, 0) is 24.3 Å². The molecule has 21 heavy (non-hydrogen) atoms. The first-order chi connectivity index (χ1) is 9.98. The molecule has 2 aromatic carbocycles. The molecule has 0 saturated heterocycles. The lowest BCUT2D eigenvalue weighted by molar-refractivity contribution is 0.343. The molecule has 7 heteroatoms. The summed E-state index contributed by atoms with van der Waals surface area (Å²) in [5.74, 6) is -0.525. The first-order valence-corrected chi connectivity index (χ1v) is 7.85. The topological polar surface area (TPSA) is 81.4 Å². The highest BCUT2D eigenvalue weighted by molar-refractivity contribution is 7.92. The zero-order valence-corrected chi connectivity index (χ0v) is 11.9. The number of hydrogen-bond donors (Lipinski definition) is 2. The van der Waals surface area contributed by atoms with Gasteiger partial charge in [0.05, 0.1) is 11.4 Å². The number of sulfonamides is 1. The van der Waals surface area contributed by atoms with Crippen LogP contribution in [0.15, 0.2) is 48.5 Å². The number of anilines is 2. The third-order valence-corrected chi connectivity index (χ3v) is 3.90. The molecule has 0 spiro atoms. The molecule has 2 rings (SSSR count). The maximum atomic E-state index is 13.4. The maximum Gasteiger partial charge on any atom is 0.236 e. The molecule has 0 fully saturated rings. The molecule has 0 atom stereocenters. The smallest absolute Gasteiger partial charge is 0.236 e. The van der Waals surface area contributed by atoms with Crippen molar-refractivity contribution in [2.45, 2.75) is 0 Å². The van der Waals surface area contributed by atoms with Crippen molar-refractivity contribution in [1.82, 2.24) is 0 Å². The standard InChI is InChI=1S/C14H15FN2O3S/c15-11-5-1-3-7-13(11)17-21(18,19)10-9-20-14-8-4-2-6-12(14)16/h1-8,17H,9-10,16H2. The molecule has 112 valence electrons. The van der Waals surface area contributed by atoms with Gasteiger partial charge in [0.15, 0.2) is 0 Å². The summed E-state index contributed by atoms with van der Waals surface area (Å²) in [5, 5.41) is 0. The molecular formula is C14H15FN2O3S. The molecule has 0 aliphatic heterocycles. The van der Waals surface area contributed by atoms with Crippen molar-refractivity contribution in [3.8, 4) is 5.75 Å². The molecule has 0 heterocycles. The molecule has 0 aliphatic rings. The minimum Gasteiger partial charge on any atom is -0.490 e. The van der Waals surface area contributed by atoms with Gasteiger partial charge in [-0.15, -0.1) is 0 Å². The van der Waals surface area contributed by atoms with E-state index in [1.54, 1.807) is 30.3 Å². The number of para-hydroxylation sites is 3. The Kier molecular flexibility index (Phi) is 4.64. The van der Waals surface area contributed by atoms with Crippen molar-refractivity contribution in [2.75, 3.05) is 22.8 Å². The number of ether oxygens (including phenoxy) is 1. The van der Waals surface area contributed by atoms with Crippen LogP contribution in [0.5, 0.6) is 5.75 Å². The first kappa shape index (κ1) is 15.1. The molecule has 0 aliphatic carbocycles. The number of nitrogens with one attached hydrogen (secondary N) is 1. The monoisotopic (exact) mass is 310 g/mol. The third kappa shape index (κ3) is 4.35. The lowest BCUT2D eigenvalue weighted by Gasteiger charge is -2.11. The van der Waals surface area contributed by atoms with E-state index in [0.29, 0.717) is 11.4 Å². The molecule has 5 nitrogen and oxygen atoms in total. The summed E-state index contributed by atoms with van der Waals surface area (Å²) >= 11 is 0. The SMILES string of the molecule is Nc1ccccc1OCCS(=O)(=O)Nc1ccccc1F. The van der Waals surface area contributed by atoms with Crippen LogP contribution in [0, 0.1) is 5.82 Å². The maximum absolute atomic E-state index is 13.4.